The highest BCUT2D eigenvalue weighted by atomic mass is 16.6. The lowest BCUT2D eigenvalue weighted by atomic mass is 9.98. The van der Waals surface area contributed by atoms with E-state index in [0.29, 0.717) is 12.8 Å². The first kappa shape index (κ1) is 24.5. The number of carboxylic acids is 1. The summed E-state index contributed by atoms with van der Waals surface area (Å²) in [5.74, 6) is -1.26. The van der Waals surface area contributed by atoms with E-state index >= 15 is 0 Å². The Morgan fingerprint density at radius 1 is 1.03 bits per heavy atom. The van der Waals surface area contributed by atoms with Gasteiger partial charge in [-0.1, -0.05) is 38.1 Å². The number of carbonyl (C=O) groups is 3. The summed E-state index contributed by atoms with van der Waals surface area (Å²) < 4.78 is 10.8. The summed E-state index contributed by atoms with van der Waals surface area (Å²) in [6.07, 6.45) is 0.348. The summed E-state index contributed by atoms with van der Waals surface area (Å²) in [5, 5.41) is 11.3. The van der Waals surface area contributed by atoms with Gasteiger partial charge in [-0.05, 0) is 57.6 Å². The van der Waals surface area contributed by atoms with Crippen molar-refractivity contribution < 1.29 is 29.0 Å². The Morgan fingerprint density at radius 2 is 1.59 bits per heavy atom. The van der Waals surface area contributed by atoms with Gasteiger partial charge in [0.25, 0.3) is 0 Å². The molecule has 1 aromatic carbocycles. The second-order valence-electron chi connectivity index (χ2n) is 8.51. The maximum absolute atomic E-state index is 12.4. The number of benzene rings is 1. The Kier molecular flexibility index (Phi) is 9.14. The summed E-state index contributed by atoms with van der Waals surface area (Å²) in [4.78, 5) is 34.9. The van der Waals surface area contributed by atoms with Crippen LogP contribution in [0.4, 0.5) is 4.79 Å². The minimum Gasteiger partial charge on any atom is -0.481 e. The molecule has 0 aliphatic heterocycles. The van der Waals surface area contributed by atoms with Crippen LogP contribution < -0.4 is 5.32 Å². The first-order valence-corrected chi connectivity index (χ1v) is 9.87. The molecule has 2 atom stereocenters. The lowest BCUT2D eigenvalue weighted by molar-refractivity contribution is -0.153. The van der Waals surface area contributed by atoms with Gasteiger partial charge in [0, 0.05) is 0 Å². The molecule has 1 aromatic rings. The van der Waals surface area contributed by atoms with Gasteiger partial charge in [0.15, 0.2) is 0 Å². The molecule has 1 unspecified atom stereocenters. The third kappa shape index (κ3) is 9.96. The van der Waals surface area contributed by atoms with E-state index in [2.05, 4.69) is 5.32 Å². The zero-order chi connectivity index (χ0) is 22.2. The number of hydrogen-bond acceptors (Lipinski definition) is 5. The van der Waals surface area contributed by atoms with Crippen molar-refractivity contribution in [1.82, 2.24) is 5.32 Å². The van der Waals surface area contributed by atoms with Crippen molar-refractivity contribution in [2.24, 2.45) is 5.92 Å². The number of nitrogens with one attached hydrogen (secondary N) is 1. The van der Waals surface area contributed by atoms with Crippen LogP contribution in [0.15, 0.2) is 24.3 Å². The molecule has 1 amide bonds. The topological polar surface area (TPSA) is 102 Å². The molecule has 0 bridgehead atoms. The van der Waals surface area contributed by atoms with Crippen LogP contribution in [0.3, 0.4) is 0 Å². The molecular weight excluding hydrogens is 374 g/mol. The molecule has 0 aliphatic rings. The minimum atomic E-state index is -0.862. The number of rotatable bonds is 9. The quantitative estimate of drug-likeness (QED) is 0.605. The number of hydrogen-bond donors (Lipinski definition) is 2. The SMILES string of the molecule is CC(C)C(CCc1ccc(CC(=O)O)cc1)OC(=O)[C@H](C)NC(=O)OC(C)(C)C. The van der Waals surface area contributed by atoms with E-state index in [4.69, 9.17) is 14.6 Å². The zero-order valence-corrected chi connectivity index (χ0v) is 18.2. The largest absolute Gasteiger partial charge is 0.481 e. The molecule has 0 saturated carbocycles. The van der Waals surface area contributed by atoms with Gasteiger partial charge in [-0.3, -0.25) is 4.79 Å². The molecule has 0 saturated heterocycles. The Hall–Kier alpha value is -2.57. The standard InChI is InChI=1S/C22H33NO6/c1-14(2)18(12-11-16-7-9-17(10-8-16)13-19(24)25)28-20(26)15(3)23-21(27)29-22(4,5)6/h7-10,14-15,18H,11-13H2,1-6H3,(H,23,27)(H,24,25)/t15-,18?/m0/s1. The van der Waals surface area contributed by atoms with Gasteiger partial charge in [-0.2, -0.15) is 0 Å². The number of alkyl carbamates (subject to hydrolysis) is 1. The molecule has 7 nitrogen and oxygen atoms in total. The Labute approximate surface area is 172 Å². The summed E-state index contributed by atoms with van der Waals surface area (Å²) in [6, 6.07) is 6.56. The van der Waals surface area contributed by atoms with Crippen LogP contribution in [0.5, 0.6) is 0 Å². The predicted molar refractivity (Wildman–Crippen MR) is 110 cm³/mol. The van der Waals surface area contributed by atoms with Crippen LogP contribution in [0, 0.1) is 5.92 Å². The maximum Gasteiger partial charge on any atom is 0.408 e. The fourth-order valence-corrected chi connectivity index (χ4v) is 2.63. The second-order valence-corrected chi connectivity index (χ2v) is 8.51. The van der Waals surface area contributed by atoms with Crippen LogP contribution >= 0.6 is 0 Å². The van der Waals surface area contributed by atoms with Crippen molar-refractivity contribution in [2.75, 3.05) is 0 Å². The number of esters is 1. The maximum atomic E-state index is 12.4. The molecular formula is C22H33NO6. The monoisotopic (exact) mass is 407 g/mol. The molecule has 7 heteroatoms. The highest BCUT2D eigenvalue weighted by molar-refractivity contribution is 5.81. The van der Waals surface area contributed by atoms with Crippen molar-refractivity contribution >= 4 is 18.0 Å². The summed E-state index contributed by atoms with van der Waals surface area (Å²) in [5.41, 5.74) is 1.14. The van der Waals surface area contributed by atoms with Crippen LogP contribution in [0.1, 0.15) is 59.1 Å². The number of aryl methyl sites for hydroxylation is 1. The Bertz CT molecular complexity index is 690. The zero-order valence-electron chi connectivity index (χ0n) is 18.2. The van der Waals surface area contributed by atoms with Gasteiger partial charge in [0.2, 0.25) is 0 Å². The smallest absolute Gasteiger partial charge is 0.408 e. The highest BCUT2D eigenvalue weighted by Crippen LogP contribution is 2.17. The Balaban J connectivity index is 2.58. The number of ether oxygens (including phenoxy) is 2. The van der Waals surface area contributed by atoms with Crippen LogP contribution in [-0.2, 0) is 31.9 Å². The van der Waals surface area contributed by atoms with Crippen LogP contribution in [-0.4, -0.2) is 40.9 Å². The van der Waals surface area contributed by atoms with Gasteiger partial charge in [0.05, 0.1) is 6.42 Å². The van der Waals surface area contributed by atoms with Crippen molar-refractivity contribution in [3.63, 3.8) is 0 Å². The lowest BCUT2D eigenvalue weighted by Crippen LogP contribution is -2.43. The molecule has 29 heavy (non-hydrogen) atoms. The minimum absolute atomic E-state index is 0.00491. The van der Waals surface area contributed by atoms with Crippen LogP contribution in [0.25, 0.3) is 0 Å². The Morgan fingerprint density at radius 3 is 2.07 bits per heavy atom. The van der Waals surface area contributed by atoms with Crippen molar-refractivity contribution in [3.05, 3.63) is 35.4 Å². The van der Waals surface area contributed by atoms with Crippen molar-refractivity contribution in [3.8, 4) is 0 Å². The molecule has 0 fully saturated rings. The van der Waals surface area contributed by atoms with E-state index in [1.165, 1.54) is 0 Å². The lowest BCUT2D eigenvalue weighted by Gasteiger charge is -2.25. The summed E-state index contributed by atoms with van der Waals surface area (Å²) >= 11 is 0. The van der Waals surface area contributed by atoms with Crippen LogP contribution in [0.2, 0.25) is 0 Å². The molecule has 1 rings (SSSR count). The van der Waals surface area contributed by atoms with E-state index < -0.39 is 29.7 Å². The number of aliphatic carboxylic acids is 1. The summed E-state index contributed by atoms with van der Waals surface area (Å²) in [7, 11) is 0. The molecule has 0 aromatic heterocycles. The van der Waals surface area contributed by atoms with E-state index in [0.717, 1.165) is 11.1 Å². The normalized spacial score (nSPS) is 13.5. The van der Waals surface area contributed by atoms with E-state index in [1.54, 1.807) is 39.8 Å². The average Bonchev–Trinajstić information content (AvgIpc) is 2.57. The highest BCUT2D eigenvalue weighted by Gasteiger charge is 2.25. The van der Waals surface area contributed by atoms with E-state index in [1.807, 2.05) is 26.0 Å². The number of carbonyl (C=O) groups excluding carboxylic acids is 2. The van der Waals surface area contributed by atoms with E-state index in [-0.39, 0.29) is 18.4 Å². The van der Waals surface area contributed by atoms with Gasteiger partial charge < -0.3 is 19.9 Å². The first-order chi connectivity index (χ1) is 13.4. The van der Waals surface area contributed by atoms with Gasteiger partial charge in [0.1, 0.15) is 17.7 Å². The third-order valence-corrected chi connectivity index (χ3v) is 4.19. The fourth-order valence-electron chi connectivity index (χ4n) is 2.63. The second kappa shape index (κ2) is 10.8. The third-order valence-electron chi connectivity index (χ3n) is 4.19. The molecule has 0 spiro atoms. The number of amides is 1. The molecule has 0 aliphatic carbocycles. The molecule has 2 N–H and O–H groups in total. The fraction of sp³-hybridized carbons (Fsp3) is 0.591. The molecule has 0 heterocycles. The van der Waals surface area contributed by atoms with E-state index in [9.17, 15) is 14.4 Å². The predicted octanol–water partition coefficient (Wildman–Crippen LogP) is 3.73. The van der Waals surface area contributed by atoms with Gasteiger partial charge in [-0.25, -0.2) is 9.59 Å². The number of carboxylic acid groups (broad SMARTS) is 1. The molecule has 162 valence electrons. The average molecular weight is 408 g/mol. The first-order valence-electron chi connectivity index (χ1n) is 9.87. The van der Waals surface area contributed by atoms with Crippen molar-refractivity contribution in [2.45, 2.75) is 78.6 Å². The molecule has 0 radical (unpaired) electrons. The van der Waals surface area contributed by atoms with Gasteiger partial charge in [-0.15, -0.1) is 0 Å². The summed E-state index contributed by atoms with van der Waals surface area (Å²) in [6.45, 7) is 10.8. The van der Waals surface area contributed by atoms with Crippen molar-refractivity contribution in [1.29, 1.82) is 0 Å². The van der Waals surface area contributed by atoms with Gasteiger partial charge >= 0.3 is 18.0 Å².